The Morgan fingerprint density at radius 3 is 2.47 bits per heavy atom. The van der Waals surface area contributed by atoms with E-state index < -0.39 is 74.8 Å². The number of anilines is 1. The van der Waals surface area contributed by atoms with Crippen LogP contribution in [0.1, 0.15) is 21.6 Å². The highest BCUT2D eigenvalue weighted by Gasteiger charge is 2.26. The summed E-state index contributed by atoms with van der Waals surface area (Å²) in [6, 6.07) is 8.68. The molecule has 4 heterocycles. The molecule has 3 aromatic heterocycles. The third-order valence-corrected chi connectivity index (χ3v) is 9.87. The fourth-order valence-corrected chi connectivity index (χ4v) is 6.68. The molecule has 6 rings (SSSR count). The molecule has 0 bridgehead atoms. The zero-order valence-electron chi connectivity index (χ0n) is 28.6. The van der Waals surface area contributed by atoms with E-state index in [1.165, 1.54) is 83.8 Å². The number of amides is 1. The van der Waals surface area contributed by atoms with Gasteiger partial charge in [0.2, 0.25) is 6.35 Å². The SMILES string of the molecule is C=CCN1C=C(c2ccc(S(=O)(=O)Nc3cc(F)c(C(=O)N[C@@H](Cc4ccc(-n5c(=O)c6ccncc6n(C)c5=O)cn4)C(=O)O)cc3F)cc2)C=NC1O. The summed E-state index contributed by atoms with van der Waals surface area (Å²) in [7, 11) is -3.00. The first-order valence-corrected chi connectivity index (χ1v) is 17.6. The predicted octanol–water partition coefficient (Wildman–Crippen LogP) is 2.17. The van der Waals surface area contributed by atoms with E-state index in [0.29, 0.717) is 35.3 Å². The van der Waals surface area contributed by atoms with Crippen molar-refractivity contribution in [2.75, 3.05) is 11.3 Å². The molecule has 4 N–H and O–H groups in total. The summed E-state index contributed by atoms with van der Waals surface area (Å²) < 4.78 is 60.5. The molecular formula is C36H30F2N8O8S. The summed E-state index contributed by atoms with van der Waals surface area (Å²) in [6.45, 7) is 3.92. The second kappa shape index (κ2) is 15.2. The van der Waals surface area contributed by atoms with Gasteiger partial charge in [-0.05, 0) is 42.0 Å². The Bertz CT molecular complexity index is 2640. The van der Waals surface area contributed by atoms with Gasteiger partial charge < -0.3 is 20.4 Å². The first-order valence-electron chi connectivity index (χ1n) is 16.1. The number of rotatable bonds is 12. The zero-order chi connectivity index (χ0) is 39.6. The van der Waals surface area contributed by atoms with Gasteiger partial charge in [0.25, 0.3) is 21.5 Å². The van der Waals surface area contributed by atoms with E-state index in [4.69, 9.17) is 0 Å². The van der Waals surface area contributed by atoms with Gasteiger partial charge in [-0.2, -0.15) is 0 Å². The molecule has 0 spiro atoms. The Labute approximate surface area is 310 Å². The van der Waals surface area contributed by atoms with E-state index >= 15 is 8.78 Å². The fourth-order valence-electron chi connectivity index (χ4n) is 5.62. The molecule has 0 aliphatic carbocycles. The third-order valence-electron chi connectivity index (χ3n) is 8.49. The van der Waals surface area contributed by atoms with Crippen LogP contribution in [0.4, 0.5) is 14.5 Å². The molecule has 1 aliphatic rings. The van der Waals surface area contributed by atoms with Crippen molar-refractivity contribution in [3.05, 3.63) is 141 Å². The Hall–Kier alpha value is -6.86. The molecule has 2 atom stereocenters. The van der Waals surface area contributed by atoms with Crippen LogP contribution in [-0.4, -0.2) is 79.7 Å². The van der Waals surface area contributed by atoms with E-state index in [9.17, 15) is 37.8 Å². The first-order chi connectivity index (χ1) is 26.2. The number of nitrogens with one attached hydrogen (secondary N) is 2. The largest absolute Gasteiger partial charge is 0.480 e. The van der Waals surface area contributed by atoms with Gasteiger partial charge >= 0.3 is 11.7 Å². The van der Waals surface area contributed by atoms with Gasteiger partial charge in [-0.15, -0.1) is 6.58 Å². The molecule has 2 aromatic carbocycles. The number of aliphatic carboxylic acids is 1. The number of carbonyl (C=O) groups is 2. The van der Waals surface area contributed by atoms with E-state index in [1.807, 2.05) is 4.72 Å². The lowest BCUT2D eigenvalue weighted by molar-refractivity contribution is -0.139. The predicted molar refractivity (Wildman–Crippen MR) is 196 cm³/mol. The quantitative estimate of drug-likeness (QED) is 0.135. The monoisotopic (exact) mass is 772 g/mol. The summed E-state index contributed by atoms with van der Waals surface area (Å²) >= 11 is 0. The first kappa shape index (κ1) is 37.9. The van der Waals surface area contributed by atoms with Crippen molar-refractivity contribution in [2.45, 2.75) is 23.7 Å². The molecule has 19 heteroatoms. The highest BCUT2D eigenvalue weighted by Crippen LogP contribution is 2.25. The van der Waals surface area contributed by atoms with Crippen molar-refractivity contribution in [3.8, 4) is 5.69 Å². The topological polar surface area (TPSA) is 218 Å². The van der Waals surface area contributed by atoms with Crippen molar-refractivity contribution in [1.29, 1.82) is 0 Å². The number of benzene rings is 2. The number of aliphatic imine (C=N–C) groups is 1. The number of aromatic nitrogens is 4. The number of sulfonamides is 1. The van der Waals surface area contributed by atoms with Crippen molar-refractivity contribution in [2.24, 2.45) is 12.0 Å². The van der Waals surface area contributed by atoms with Crippen LogP contribution < -0.4 is 21.3 Å². The van der Waals surface area contributed by atoms with Crippen molar-refractivity contribution >= 4 is 50.3 Å². The Morgan fingerprint density at radius 1 is 1.05 bits per heavy atom. The minimum absolute atomic E-state index is 0.0822. The van der Waals surface area contributed by atoms with Crippen LogP contribution >= 0.6 is 0 Å². The molecule has 0 saturated heterocycles. The number of nitrogens with zero attached hydrogens (tertiary/aromatic N) is 6. The molecule has 0 saturated carbocycles. The van der Waals surface area contributed by atoms with Crippen molar-refractivity contribution in [3.63, 3.8) is 0 Å². The van der Waals surface area contributed by atoms with Gasteiger partial charge in [0.1, 0.15) is 17.7 Å². The number of hydrogen-bond acceptors (Lipinski definition) is 11. The second-order valence-electron chi connectivity index (χ2n) is 12.1. The molecule has 0 radical (unpaired) electrons. The van der Waals surface area contributed by atoms with Gasteiger partial charge in [-0.3, -0.25) is 28.8 Å². The molecule has 5 aromatic rings. The maximum absolute atomic E-state index is 15.2. The zero-order valence-corrected chi connectivity index (χ0v) is 29.4. The molecular weight excluding hydrogens is 743 g/mol. The van der Waals surface area contributed by atoms with E-state index in [1.54, 1.807) is 12.3 Å². The van der Waals surface area contributed by atoms with E-state index in [0.717, 1.165) is 4.57 Å². The summed E-state index contributed by atoms with van der Waals surface area (Å²) in [5.41, 5.74) is -1.41. The van der Waals surface area contributed by atoms with Crippen molar-refractivity contribution < 1.29 is 37.0 Å². The van der Waals surface area contributed by atoms with Crippen LogP contribution in [0.25, 0.3) is 22.2 Å². The van der Waals surface area contributed by atoms with Crippen LogP contribution in [-0.2, 0) is 28.3 Å². The Kier molecular flexibility index (Phi) is 10.5. The lowest BCUT2D eigenvalue weighted by atomic mass is 10.1. The Balaban J connectivity index is 1.15. The highest BCUT2D eigenvalue weighted by molar-refractivity contribution is 7.92. The number of carbonyl (C=O) groups excluding carboxylic acids is 1. The van der Waals surface area contributed by atoms with Crippen LogP contribution in [0.2, 0.25) is 0 Å². The third kappa shape index (κ3) is 7.78. The molecule has 1 unspecified atom stereocenters. The van der Waals surface area contributed by atoms with Gasteiger partial charge in [-0.25, -0.2) is 36.3 Å². The van der Waals surface area contributed by atoms with Crippen LogP contribution in [0, 0.1) is 11.6 Å². The minimum atomic E-state index is -4.46. The van der Waals surface area contributed by atoms with Gasteiger partial charge in [0.05, 0.1) is 45.1 Å². The van der Waals surface area contributed by atoms with Crippen LogP contribution in [0.15, 0.2) is 112 Å². The molecule has 282 valence electrons. The highest BCUT2D eigenvalue weighted by atomic mass is 32.2. The van der Waals surface area contributed by atoms with Gasteiger partial charge in [0.15, 0.2) is 0 Å². The number of halogens is 2. The number of hydrogen-bond donors (Lipinski definition) is 4. The number of carboxylic acids is 1. The normalized spacial score (nSPS) is 14.7. The summed E-state index contributed by atoms with van der Waals surface area (Å²) in [5, 5.41) is 22.1. The molecule has 0 fully saturated rings. The smallest absolute Gasteiger partial charge is 0.335 e. The summed E-state index contributed by atoms with van der Waals surface area (Å²) in [4.78, 5) is 64.3. The van der Waals surface area contributed by atoms with E-state index in [-0.39, 0.29) is 21.7 Å². The fraction of sp³-hybridized carbons (Fsp3) is 0.139. The number of pyridine rings is 2. The lowest BCUT2D eigenvalue weighted by Crippen LogP contribution is -2.42. The second-order valence-corrected chi connectivity index (χ2v) is 13.8. The average Bonchev–Trinajstić information content (AvgIpc) is 3.16. The van der Waals surface area contributed by atoms with Gasteiger partial charge in [0, 0.05) is 56.0 Å². The number of aliphatic hydroxyl groups is 1. The van der Waals surface area contributed by atoms with Crippen LogP contribution in [0.5, 0.6) is 0 Å². The number of fused-ring (bicyclic) bond motifs is 1. The lowest BCUT2D eigenvalue weighted by Gasteiger charge is -2.26. The van der Waals surface area contributed by atoms with Crippen molar-refractivity contribution in [1.82, 2.24) is 29.3 Å². The number of carboxylic acid groups (broad SMARTS) is 1. The summed E-state index contributed by atoms with van der Waals surface area (Å²) in [5.74, 6) is -5.54. The Morgan fingerprint density at radius 2 is 1.80 bits per heavy atom. The average molecular weight is 773 g/mol. The molecule has 16 nitrogen and oxygen atoms in total. The minimum Gasteiger partial charge on any atom is -0.480 e. The molecule has 55 heavy (non-hydrogen) atoms. The number of allylic oxidation sites excluding steroid dienone is 1. The van der Waals surface area contributed by atoms with E-state index in [2.05, 4.69) is 26.9 Å². The summed E-state index contributed by atoms with van der Waals surface area (Å²) in [6.07, 6.45) is 7.00. The number of aliphatic hydroxyl groups excluding tert-OH is 1. The molecule has 1 amide bonds. The standard InChI is InChI=1S/C36H30F2N8O8S/c1-3-12-45-19-21(16-41-35(45)51)20-4-8-24(9-5-20)55(53,54)43-29-15-27(37)26(14-28(29)38)32(47)42-30(34(49)50)13-22-6-7-23(17-40-22)46-33(48)25-10-11-39-18-31(25)44(2)36(46)52/h3-11,14-19,30,35,43,51H,1,12-13H2,2H3,(H,42,47)(H,49,50)/t30-,35?/m0/s1. The van der Waals surface area contributed by atoms with Crippen LogP contribution in [0.3, 0.4) is 0 Å². The number of aryl methyl sites for hydroxylation is 1. The molecule has 1 aliphatic heterocycles. The maximum atomic E-state index is 15.2. The maximum Gasteiger partial charge on any atom is 0.335 e. The van der Waals surface area contributed by atoms with Gasteiger partial charge in [-0.1, -0.05) is 18.2 Å².